The molecule has 1 aromatic carbocycles. The maximum atomic E-state index is 14.1. The number of nitrogens with zero attached hydrogens (tertiary/aromatic N) is 5. The summed E-state index contributed by atoms with van der Waals surface area (Å²) in [5.41, 5.74) is 4.72. The second-order valence-electron chi connectivity index (χ2n) is 8.72. The summed E-state index contributed by atoms with van der Waals surface area (Å²) < 4.78 is 22.0. The van der Waals surface area contributed by atoms with Gasteiger partial charge in [-0.3, -0.25) is 14.5 Å². The average Bonchev–Trinajstić information content (AvgIpc) is 3.25. The minimum absolute atomic E-state index is 0.152. The lowest BCUT2D eigenvalue weighted by Crippen LogP contribution is -2.28. The summed E-state index contributed by atoms with van der Waals surface area (Å²) in [5.74, 6) is -0.00638. The Morgan fingerprint density at radius 2 is 2.09 bits per heavy atom. The van der Waals surface area contributed by atoms with E-state index in [1.54, 1.807) is 18.3 Å². The Bertz CT molecular complexity index is 1260. The number of aromatic nitrogens is 4. The van der Waals surface area contributed by atoms with Crippen molar-refractivity contribution in [2.45, 2.75) is 33.0 Å². The molecule has 9 heteroatoms. The highest BCUT2D eigenvalue weighted by Crippen LogP contribution is 2.36. The van der Waals surface area contributed by atoms with Crippen LogP contribution in [-0.4, -0.2) is 57.7 Å². The van der Waals surface area contributed by atoms with Crippen LogP contribution in [0.3, 0.4) is 0 Å². The van der Waals surface area contributed by atoms with Gasteiger partial charge in [-0.15, -0.1) is 0 Å². The fourth-order valence-corrected chi connectivity index (χ4v) is 3.87. The van der Waals surface area contributed by atoms with Crippen molar-refractivity contribution in [1.29, 1.82) is 0 Å². The molecule has 0 atom stereocenters. The van der Waals surface area contributed by atoms with E-state index in [1.807, 2.05) is 49.8 Å². The Morgan fingerprint density at radius 1 is 1.26 bits per heavy atom. The molecule has 35 heavy (non-hydrogen) atoms. The Hall–Kier alpha value is -3.85. The van der Waals surface area contributed by atoms with Crippen molar-refractivity contribution in [3.8, 4) is 28.4 Å². The fraction of sp³-hybridized carbons (Fsp3) is 0.308. The van der Waals surface area contributed by atoms with Crippen molar-refractivity contribution in [3.63, 3.8) is 0 Å². The molecule has 0 fully saturated rings. The third kappa shape index (κ3) is 5.63. The molecule has 2 aromatic heterocycles. The van der Waals surface area contributed by atoms with E-state index in [9.17, 15) is 9.18 Å². The summed E-state index contributed by atoms with van der Waals surface area (Å²) in [6.07, 6.45) is 7.18. The normalized spacial score (nSPS) is 13.8. The molecule has 1 N–H and O–H groups in total. The van der Waals surface area contributed by atoms with Crippen molar-refractivity contribution >= 4 is 11.9 Å². The van der Waals surface area contributed by atoms with Gasteiger partial charge in [0.05, 0.1) is 30.2 Å². The van der Waals surface area contributed by atoms with Crippen LogP contribution >= 0.6 is 0 Å². The van der Waals surface area contributed by atoms with E-state index in [0.29, 0.717) is 46.2 Å². The van der Waals surface area contributed by atoms with Crippen LogP contribution in [0.4, 0.5) is 4.39 Å². The molecule has 4 rings (SSSR count). The number of fused-ring (bicyclic) bond motifs is 1. The monoisotopic (exact) mass is 476 g/mol. The first-order valence-corrected chi connectivity index (χ1v) is 11.5. The van der Waals surface area contributed by atoms with Crippen molar-refractivity contribution < 1.29 is 13.9 Å². The summed E-state index contributed by atoms with van der Waals surface area (Å²) in [6.45, 7) is 6.08. The molecule has 0 spiro atoms. The maximum absolute atomic E-state index is 14.1. The predicted octanol–water partition coefficient (Wildman–Crippen LogP) is 3.69. The zero-order valence-electron chi connectivity index (χ0n) is 20.3. The highest BCUT2D eigenvalue weighted by atomic mass is 19.1. The van der Waals surface area contributed by atoms with Crippen LogP contribution < -0.4 is 10.1 Å². The molecular weight excluding hydrogens is 447 g/mol. The van der Waals surface area contributed by atoms with E-state index >= 15 is 0 Å². The Labute approximate surface area is 204 Å². The van der Waals surface area contributed by atoms with Gasteiger partial charge >= 0.3 is 0 Å². The number of carbonyl (C=O) groups is 1. The first kappa shape index (κ1) is 24.3. The molecule has 3 aromatic rings. The van der Waals surface area contributed by atoms with Gasteiger partial charge in [0.15, 0.2) is 0 Å². The summed E-state index contributed by atoms with van der Waals surface area (Å²) in [7, 11) is 3.78. The molecule has 1 aliphatic rings. The quantitative estimate of drug-likeness (QED) is 0.301. The summed E-state index contributed by atoms with van der Waals surface area (Å²) >= 11 is 0. The van der Waals surface area contributed by atoms with Crippen LogP contribution in [0.25, 0.3) is 28.2 Å². The van der Waals surface area contributed by atoms with Gasteiger partial charge in [0, 0.05) is 50.6 Å². The summed E-state index contributed by atoms with van der Waals surface area (Å²) in [4.78, 5) is 22.6. The average molecular weight is 477 g/mol. The molecule has 0 amide bonds. The molecular formula is C26H29FN6O2. The van der Waals surface area contributed by atoms with Gasteiger partial charge in [0.1, 0.15) is 34.9 Å². The van der Waals surface area contributed by atoms with E-state index in [-0.39, 0.29) is 6.10 Å². The third-order valence-corrected chi connectivity index (χ3v) is 5.29. The first-order valence-electron chi connectivity index (χ1n) is 11.5. The van der Waals surface area contributed by atoms with Gasteiger partial charge in [0.2, 0.25) is 0 Å². The van der Waals surface area contributed by atoms with Gasteiger partial charge < -0.3 is 15.0 Å². The topological polar surface area (TPSA) is 85.2 Å². The minimum atomic E-state index is -0.394. The predicted molar refractivity (Wildman–Crippen MR) is 133 cm³/mol. The third-order valence-electron chi connectivity index (χ3n) is 5.29. The number of halogens is 1. The zero-order valence-corrected chi connectivity index (χ0v) is 20.3. The molecule has 1 aliphatic heterocycles. The van der Waals surface area contributed by atoms with E-state index in [4.69, 9.17) is 19.8 Å². The SMILES string of the molecule is CC(C)Oc1cc(F)ccc1-c1ncc(C(=CN(C)C)/C=C\C=O)nc1-c1cc2n(n1)CCNC2. The van der Waals surface area contributed by atoms with E-state index in [1.165, 1.54) is 18.2 Å². The molecule has 0 aliphatic carbocycles. The standard InChI is InChI=1S/C26H29FN6O2/c1-17(2)35-24-12-19(27)7-8-21(24)25-26(22-13-20-14-28-9-10-33(20)31-22)30-23(15-29-25)18(6-5-11-34)16-32(3)4/h5-8,11-13,15-17,28H,9-10,14H2,1-4H3/b6-5-,18-16?. The summed E-state index contributed by atoms with van der Waals surface area (Å²) in [6, 6.07) is 6.39. The maximum Gasteiger partial charge on any atom is 0.142 e. The van der Waals surface area contributed by atoms with Crippen LogP contribution in [0.15, 0.2) is 48.8 Å². The van der Waals surface area contributed by atoms with Crippen LogP contribution in [0.2, 0.25) is 0 Å². The van der Waals surface area contributed by atoms with E-state index < -0.39 is 5.82 Å². The lowest BCUT2D eigenvalue weighted by atomic mass is 10.0. The number of hydrogen-bond acceptors (Lipinski definition) is 7. The Balaban J connectivity index is 1.93. The van der Waals surface area contributed by atoms with Crippen molar-refractivity contribution in [2.75, 3.05) is 20.6 Å². The van der Waals surface area contributed by atoms with Gasteiger partial charge in [-0.05, 0) is 44.2 Å². The molecule has 0 saturated carbocycles. The van der Waals surface area contributed by atoms with Crippen LogP contribution in [-0.2, 0) is 17.9 Å². The lowest BCUT2D eigenvalue weighted by molar-refractivity contribution is -0.104. The van der Waals surface area contributed by atoms with Crippen molar-refractivity contribution in [3.05, 3.63) is 66.0 Å². The number of allylic oxidation sites excluding steroid dienone is 3. The molecule has 8 nitrogen and oxygen atoms in total. The Kier molecular flexibility index (Phi) is 7.36. The second-order valence-corrected chi connectivity index (χ2v) is 8.72. The van der Waals surface area contributed by atoms with Gasteiger partial charge in [0.25, 0.3) is 0 Å². The molecule has 0 radical (unpaired) electrons. The molecule has 182 valence electrons. The minimum Gasteiger partial charge on any atom is -0.490 e. The number of rotatable bonds is 8. The first-order chi connectivity index (χ1) is 16.9. The zero-order chi connectivity index (χ0) is 24.9. The highest BCUT2D eigenvalue weighted by Gasteiger charge is 2.22. The highest BCUT2D eigenvalue weighted by molar-refractivity contribution is 5.83. The van der Waals surface area contributed by atoms with Gasteiger partial charge in [-0.2, -0.15) is 5.10 Å². The molecule has 0 saturated heterocycles. The molecule has 0 bridgehead atoms. The second kappa shape index (κ2) is 10.6. The number of ether oxygens (including phenoxy) is 1. The fourth-order valence-electron chi connectivity index (χ4n) is 3.87. The number of hydrogen-bond donors (Lipinski definition) is 1. The Morgan fingerprint density at radius 3 is 2.80 bits per heavy atom. The number of carbonyl (C=O) groups excluding carboxylic acids is 1. The van der Waals surface area contributed by atoms with Crippen LogP contribution in [0.5, 0.6) is 5.75 Å². The van der Waals surface area contributed by atoms with E-state index in [0.717, 1.165) is 25.1 Å². The van der Waals surface area contributed by atoms with Crippen LogP contribution in [0, 0.1) is 5.82 Å². The smallest absolute Gasteiger partial charge is 0.142 e. The summed E-state index contributed by atoms with van der Waals surface area (Å²) in [5, 5.41) is 8.14. The number of nitrogens with one attached hydrogen (secondary N) is 1. The van der Waals surface area contributed by atoms with Gasteiger partial charge in [-0.1, -0.05) is 0 Å². The number of aldehydes is 1. The molecule has 3 heterocycles. The van der Waals surface area contributed by atoms with Crippen LogP contribution in [0.1, 0.15) is 25.2 Å². The largest absolute Gasteiger partial charge is 0.490 e. The van der Waals surface area contributed by atoms with E-state index in [2.05, 4.69) is 5.32 Å². The molecule has 0 unspecified atom stereocenters. The van der Waals surface area contributed by atoms with Gasteiger partial charge in [-0.25, -0.2) is 9.37 Å². The van der Waals surface area contributed by atoms with Crippen molar-refractivity contribution in [2.24, 2.45) is 0 Å². The number of benzene rings is 1. The lowest BCUT2D eigenvalue weighted by Gasteiger charge is -2.16. The van der Waals surface area contributed by atoms with Crippen molar-refractivity contribution in [1.82, 2.24) is 30.0 Å².